The van der Waals surface area contributed by atoms with E-state index < -0.39 is 0 Å². The predicted octanol–water partition coefficient (Wildman–Crippen LogP) is 2.48. The van der Waals surface area contributed by atoms with Gasteiger partial charge in [-0.2, -0.15) is 10.1 Å². The van der Waals surface area contributed by atoms with E-state index in [2.05, 4.69) is 25.7 Å². The van der Waals surface area contributed by atoms with Gasteiger partial charge in [0.1, 0.15) is 0 Å². The molecule has 0 atom stereocenters. The molecule has 0 bridgehead atoms. The Balaban J connectivity index is 1.76. The predicted molar refractivity (Wildman–Crippen MR) is 94.2 cm³/mol. The van der Waals surface area contributed by atoms with Crippen molar-refractivity contribution < 1.29 is 9.32 Å². The molecular weight excluding hydrogens is 320 g/mol. The number of urea groups is 1. The summed E-state index contributed by atoms with van der Waals surface area (Å²) in [6.45, 7) is 10.9. The van der Waals surface area contributed by atoms with Crippen LogP contribution in [0, 0.1) is 13.8 Å². The van der Waals surface area contributed by atoms with E-state index in [0.29, 0.717) is 18.3 Å². The average Bonchev–Trinajstić information content (AvgIpc) is 3.13. The molecule has 0 aromatic carbocycles. The molecule has 0 saturated heterocycles. The van der Waals surface area contributed by atoms with Crippen LogP contribution in [0.1, 0.15) is 55.9 Å². The maximum atomic E-state index is 12.2. The Morgan fingerprint density at radius 3 is 2.60 bits per heavy atom. The van der Waals surface area contributed by atoms with Crippen molar-refractivity contribution in [1.29, 1.82) is 0 Å². The zero-order valence-corrected chi connectivity index (χ0v) is 15.9. The van der Waals surface area contributed by atoms with Gasteiger partial charge in [-0.05, 0) is 32.3 Å². The summed E-state index contributed by atoms with van der Waals surface area (Å²) in [5.74, 6) is 1.05. The minimum absolute atomic E-state index is 0.156. The molecule has 2 heterocycles. The molecular formula is C17H28N6O2. The van der Waals surface area contributed by atoms with Crippen LogP contribution in [0.4, 0.5) is 4.79 Å². The van der Waals surface area contributed by atoms with Gasteiger partial charge in [-0.25, -0.2) is 4.79 Å². The van der Waals surface area contributed by atoms with Crippen molar-refractivity contribution in [1.82, 2.24) is 30.6 Å². The van der Waals surface area contributed by atoms with Crippen LogP contribution in [0.15, 0.2) is 4.52 Å². The molecule has 2 rings (SSSR count). The molecule has 0 unspecified atom stereocenters. The highest BCUT2D eigenvalue weighted by atomic mass is 16.5. The molecule has 138 valence electrons. The van der Waals surface area contributed by atoms with Crippen LogP contribution >= 0.6 is 0 Å². The lowest BCUT2D eigenvalue weighted by Crippen LogP contribution is -2.37. The highest BCUT2D eigenvalue weighted by Gasteiger charge is 2.21. The average molecular weight is 348 g/mol. The van der Waals surface area contributed by atoms with Gasteiger partial charge in [-0.3, -0.25) is 5.10 Å². The van der Waals surface area contributed by atoms with Crippen LogP contribution in [0.3, 0.4) is 0 Å². The van der Waals surface area contributed by atoms with Crippen LogP contribution < -0.4 is 5.32 Å². The van der Waals surface area contributed by atoms with Crippen molar-refractivity contribution in [3.8, 4) is 0 Å². The van der Waals surface area contributed by atoms with E-state index in [1.165, 1.54) is 5.56 Å². The SMILES string of the molecule is Cc1n[nH]c(C)c1CCCN(C)C(=O)NCc1nc(C(C)(C)C)no1. The van der Waals surface area contributed by atoms with E-state index in [9.17, 15) is 4.79 Å². The summed E-state index contributed by atoms with van der Waals surface area (Å²) < 4.78 is 5.17. The maximum absolute atomic E-state index is 12.2. The molecule has 0 aliphatic carbocycles. The van der Waals surface area contributed by atoms with Crippen LogP contribution in [-0.4, -0.2) is 44.9 Å². The fraction of sp³-hybridized carbons (Fsp3) is 0.647. The zero-order valence-electron chi connectivity index (χ0n) is 15.9. The van der Waals surface area contributed by atoms with Gasteiger partial charge in [0.2, 0.25) is 5.89 Å². The number of aromatic amines is 1. The second-order valence-corrected chi connectivity index (χ2v) is 7.36. The lowest BCUT2D eigenvalue weighted by atomic mass is 9.96. The molecule has 25 heavy (non-hydrogen) atoms. The number of H-pyrrole nitrogens is 1. The Bertz CT molecular complexity index is 694. The Morgan fingerprint density at radius 2 is 2.04 bits per heavy atom. The molecule has 8 heteroatoms. The first-order valence-electron chi connectivity index (χ1n) is 8.51. The third kappa shape index (κ3) is 5.04. The number of carbonyl (C=O) groups excluding carboxylic acids is 1. The second-order valence-electron chi connectivity index (χ2n) is 7.36. The first kappa shape index (κ1) is 19.0. The number of nitrogens with one attached hydrogen (secondary N) is 2. The lowest BCUT2D eigenvalue weighted by molar-refractivity contribution is 0.206. The molecule has 8 nitrogen and oxygen atoms in total. The van der Waals surface area contributed by atoms with Crippen LogP contribution in [0.5, 0.6) is 0 Å². The minimum Gasteiger partial charge on any atom is -0.337 e. The number of rotatable bonds is 6. The van der Waals surface area contributed by atoms with Crippen molar-refractivity contribution in [3.05, 3.63) is 28.7 Å². The second kappa shape index (κ2) is 7.67. The molecule has 0 aliphatic heterocycles. The van der Waals surface area contributed by atoms with Gasteiger partial charge in [-0.15, -0.1) is 0 Å². The largest absolute Gasteiger partial charge is 0.337 e. The summed E-state index contributed by atoms with van der Waals surface area (Å²) in [5, 5.41) is 13.9. The normalized spacial score (nSPS) is 11.6. The molecule has 2 aromatic heterocycles. The fourth-order valence-corrected chi connectivity index (χ4v) is 2.45. The van der Waals surface area contributed by atoms with Gasteiger partial charge in [0.15, 0.2) is 5.82 Å². The van der Waals surface area contributed by atoms with Gasteiger partial charge in [0, 0.05) is 24.7 Å². The molecule has 0 saturated carbocycles. The summed E-state index contributed by atoms with van der Waals surface area (Å²) in [6, 6.07) is -0.156. The number of nitrogens with zero attached hydrogens (tertiary/aromatic N) is 4. The molecule has 0 aliphatic rings. The van der Waals surface area contributed by atoms with E-state index in [-0.39, 0.29) is 18.0 Å². The first-order chi connectivity index (χ1) is 11.7. The smallest absolute Gasteiger partial charge is 0.317 e. The Morgan fingerprint density at radius 1 is 1.32 bits per heavy atom. The molecule has 0 radical (unpaired) electrons. The van der Waals surface area contributed by atoms with E-state index in [4.69, 9.17) is 4.52 Å². The van der Waals surface area contributed by atoms with Crippen molar-refractivity contribution in [3.63, 3.8) is 0 Å². The summed E-state index contributed by atoms with van der Waals surface area (Å²) >= 11 is 0. The van der Waals surface area contributed by atoms with Crippen molar-refractivity contribution >= 4 is 6.03 Å². The maximum Gasteiger partial charge on any atom is 0.317 e. The zero-order chi connectivity index (χ0) is 18.6. The van der Waals surface area contributed by atoms with Crippen LogP contribution in [0.2, 0.25) is 0 Å². The molecule has 2 aromatic rings. The lowest BCUT2D eigenvalue weighted by Gasteiger charge is -2.17. The van der Waals surface area contributed by atoms with Gasteiger partial charge in [0.25, 0.3) is 0 Å². The minimum atomic E-state index is -0.175. The highest BCUT2D eigenvalue weighted by Crippen LogP contribution is 2.18. The van der Waals surface area contributed by atoms with Crippen LogP contribution in [0.25, 0.3) is 0 Å². The van der Waals surface area contributed by atoms with E-state index in [0.717, 1.165) is 24.2 Å². The summed E-state index contributed by atoms with van der Waals surface area (Å²) in [4.78, 5) is 18.1. The molecule has 2 N–H and O–H groups in total. The number of carbonyl (C=O) groups is 1. The van der Waals surface area contributed by atoms with E-state index in [1.54, 1.807) is 11.9 Å². The quantitative estimate of drug-likeness (QED) is 0.835. The fourth-order valence-electron chi connectivity index (χ4n) is 2.45. The molecule has 0 spiro atoms. The summed E-state index contributed by atoms with van der Waals surface area (Å²) in [5.41, 5.74) is 3.17. The van der Waals surface area contributed by atoms with E-state index >= 15 is 0 Å². The van der Waals surface area contributed by atoms with Gasteiger partial charge >= 0.3 is 6.03 Å². The number of hydrogen-bond acceptors (Lipinski definition) is 5. The monoisotopic (exact) mass is 348 g/mol. The molecule has 0 fully saturated rings. The highest BCUT2D eigenvalue weighted by molar-refractivity contribution is 5.73. The van der Waals surface area contributed by atoms with Gasteiger partial charge in [0.05, 0.1) is 12.2 Å². The van der Waals surface area contributed by atoms with Crippen molar-refractivity contribution in [2.24, 2.45) is 0 Å². The molecule has 2 amide bonds. The van der Waals surface area contributed by atoms with E-state index in [1.807, 2.05) is 34.6 Å². The third-order valence-corrected chi connectivity index (χ3v) is 4.08. The van der Waals surface area contributed by atoms with Gasteiger partial charge in [-0.1, -0.05) is 25.9 Å². The Kier molecular flexibility index (Phi) is 5.81. The number of hydrogen-bond donors (Lipinski definition) is 2. The number of aryl methyl sites for hydroxylation is 2. The summed E-state index contributed by atoms with van der Waals surface area (Å²) in [6.07, 6.45) is 1.77. The van der Waals surface area contributed by atoms with Crippen molar-refractivity contribution in [2.75, 3.05) is 13.6 Å². The third-order valence-electron chi connectivity index (χ3n) is 4.08. The van der Waals surface area contributed by atoms with Gasteiger partial charge < -0.3 is 14.7 Å². The first-order valence-corrected chi connectivity index (χ1v) is 8.51. The number of amides is 2. The topological polar surface area (TPSA) is 99.9 Å². The Hall–Kier alpha value is -2.38. The Labute approximate surface area is 148 Å². The summed E-state index contributed by atoms with van der Waals surface area (Å²) in [7, 11) is 1.78. The van der Waals surface area contributed by atoms with Crippen molar-refractivity contribution in [2.45, 2.75) is 59.4 Å². The van der Waals surface area contributed by atoms with Crippen LogP contribution in [-0.2, 0) is 18.4 Å². The standard InChI is InChI=1S/C17H28N6O2/c1-11-13(12(2)21-20-11)8-7-9-23(6)16(24)18-10-14-19-15(22-25-14)17(3,4)5/h7-10H2,1-6H3,(H,18,24)(H,20,21). The number of aromatic nitrogens is 4.